The van der Waals surface area contributed by atoms with Crippen LogP contribution in [0.3, 0.4) is 0 Å². The Morgan fingerprint density at radius 3 is 1.48 bits per heavy atom. The molecule has 0 aromatic rings. The van der Waals surface area contributed by atoms with Gasteiger partial charge in [0.15, 0.2) is 6.10 Å². The maximum atomic E-state index is 12.5. The molecule has 0 rings (SSSR count). The van der Waals surface area contributed by atoms with Crippen molar-refractivity contribution in [3.8, 4) is 0 Å². The van der Waals surface area contributed by atoms with Crippen LogP contribution in [-0.4, -0.2) is 83.1 Å². The lowest BCUT2D eigenvalue weighted by molar-refractivity contribution is -0.870. The lowest BCUT2D eigenvalue weighted by Crippen LogP contribution is -2.37. The highest BCUT2D eigenvalue weighted by atomic mass is 31.2. The molecule has 0 amide bonds. The molecule has 262 valence electrons. The molecule has 11 nitrogen and oxygen atoms in total. The summed E-state index contributed by atoms with van der Waals surface area (Å²) in [5, 5.41) is 0. The van der Waals surface area contributed by atoms with Crippen molar-refractivity contribution in [3.63, 3.8) is 0 Å². The molecule has 2 atom stereocenters. The summed E-state index contributed by atoms with van der Waals surface area (Å²) < 4.78 is 33.5. The van der Waals surface area contributed by atoms with E-state index in [-0.39, 0.29) is 26.1 Å². The van der Waals surface area contributed by atoms with Crippen molar-refractivity contribution < 1.29 is 42.1 Å². The molecule has 0 bridgehead atoms. The SMILES string of the molecule is C[N+](C)(C)CCOP(=O)([O-])OC[C@@H](COC(=O)CCCCCCCCCCCN)OC(=O)CCCCCCCCCCCN. The number of nitrogens with two attached hydrogens (primary N) is 2. The first-order chi connectivity index (χ1) is 21.0. The van der Waals surface area contributed by atoms with Gasteiger partial charge in [0, 0.05) is 12.8 Å². The number of carbonyl (C=O) groups is 2. The summed E-state index contributed by atoms with van der Waals surface area (Å²) in [4.78, 5) is 37.1. The molecule has 0 aliphatic heterocycles. The molecule has 44 heavy (non-hydrogen) atoms. The molecule has 0 radical (unpaired) electrons. The van der Waals surface area contributed by atoms with Crippen molar-refractivity contribution in [3.05, 3.63) is 0 Å². The summed E-state index contributed by atoms with van der Waals surface area (Å²) in [7, 11) is 1.14. The molecular formula is C32H66N3O8P. The number of esters is 2. The maximum Gasteiger partial charge on any atom is 0.306 e. The van der Waals surface area contributed by atoms with E-state index in [0.29, 0.717) is 17.4 Å². The van der Waals surface area contributed by atoms with E-state index in [2.05, 4.69) is 0 Å². The van der Waals surface area contributed by atoms with E-state index in [1.807, 2.05) is 21.1 Å². The fourth-order valence-corrected chi connectivity index (χ4v) is 5.29. The molecule has 0 saturated carbocycles. The van der Waals surface area contributed by atoms with E-state index in [1.54, 1.807) is 0 Å². The first-order valence-corrected chi connectivity index (χ1v) is 18.6. The summed E-state index contributed by atoms with van der Waals surface area (Å²) in [6.07, 6.45) is 18.9. The highest BCUT2D eigenvalue weighted by Gasteiger charge is 2.21. The Kier molecular flexibility index (Phi) is 27.5. The van der Waals surface area contributed by atoms with Gasteiger partial charge in [-0.25, -0.2) is 0 Å². The van der Waals surface area contributed by atoms with Crippen LogP contribution in [-0.2, 0) is 32.7 Å². The molecule has 4 N–H and O–H groups in total. The predicted molar refractivity (Wildman–Crippen MR) is 174 cm³/mol. The third kappa shape index (κ3) is 30.9. The van der Waals surface area contributed by atoms with Gasteiger partial charge >= 0.3 is 11.9 Å². The Labute approximate surface area is 268 Å². The van der Waals surface area contributed by atoms with Crippen LogP contribution in [0.4, 0.5) is 0 Å². The number of phosphoric ester groups is 1. The number of hydrogen-bond donors (Lipinski definition) is 2. The second kappa shape index (κ2) is 28.2. The monoisotopic (exact) mass is 651 g/mol. The predicted octanol–water partition coefficient (Wildman–Crippen LogP) is 5.37. The fourth-order valence-electron chi connectivity index (χ4n) is 4.56. The van der Waals surface area contributed by atoms with Gasteiger partial charge in [0.2, 0.25) is 0 Å². The van der Waals surface area contributed by atoms with Gasteiger partial charge in [-0.05, 0) is 38.8 Å². The summed E-state index contributed by atoms with van der Waals surface area (Å²) >= 11 is 0. The molecule has 0 heterocycles. The molecule has 12 heteroatoms. The van der Waals surface area contributed by atoms with E-state index < -0.39 is 32.5 Å². The zero-order chi connectivity index (χ0) is 32.9. The Hall–Kier alpha value is -1.07. The Morgan fingerprint density at radius 1 is 0.636 bits per heavy atom. The molecule has 0 saturated heterocycles. The van der Waals surface area contributed by atoms with Gasteiger partial charge in [-0.2, -0.15) is 0 Å². The number of unbranched alkanes of at least 4 members (excludes halogenated alkanes) is 16. The van der Waals surface area contributed by atoms with E-state index >= 15 is 0 Å². The number of carbonyl (C=O) groups excluding carboxylic acids is 2. The van der Waals surface area contributed by atoms with Crippen LogP contribution in [0, 0.1) is 0 Å². The number of ether oxygens (including phenoxy) is 2. The highest BCUT2D eigenvalue weighted by Crippen LogP contribution is 2.38. The van der Waals surface area contributed by atoms with Gasteiger partial charge in [0.25, 0.3) is 7.82 Å². The third-order valence-corrected chi connectivity index (χ3v) is 8.29. The normalized spacial score (nSPS) is 13.9. The van der Waals surface area contributed by atoms with Crippen LogP contribution in [0.5, 0.6) is 0 Å². The highest BCUT2D eigenvalue weighted by molar-refractivity contribution is 7.45. The van der Waals surface area contributed by atoms with Crippen LogP contribution >= 0.6 is 7.82 Å². The molecule has 0 spiro atoms. The zero-order valence-corrected chi connectivity index (χ0v) is 29.2. The molecular weight excluding hydrogens is 585 g/mol. The second-order valence-electron chi connectivity index (χ2n) is 12.8. The number of quaternary nitrogens is 1. The van der Waals surface area contributed by atoms with Gasteiger partial charge in [0.05, 0.1) is 27.7 Å². The maximum absolute atomic E-state index is 12.5. The summed E-state index contributed by atoms with van der Waals surface area (Å²) in [6, 6.07) is 0. The standard InChI is InChI=1S/C32H66N3O8P/c1-35(2,3)26-27-41-44(38,39)42-29-30(43-32(37)23-19-15-11-7-5-9-13-17-21-25-34)28-40-31(36)22-18-14-10-6-4-8-12-16-20-24-33/h30H,4-29,33-34H2,1-3H3/t30-/m1/s1. The summed E-state index contributed by atoms with van der Waals surface area (Å²) in [6.45, 7) is 1.20. The van der Waals surface area contributed by atoms with Crippen LogP contribution in [0.25, 0.3) is 0 Å². The number of rotatable bonds is 32. The van der Waals surface area contributed by atoms with Crippen molar-refractivity contribution in [2.24, 2.45) is 11.5 Å². The van der Waals surface area contributed by atoms with Crippen molar-refractivity contribution in [2.45, 2.75) is 135 Å². The largest absolute Gasteiger partial charge is 0.756 e. The van der Waals surface area contributed by atoms with Crippen molar-refractivity contribution in [1.29, 1.82) is 0 Å². The molecule has 1 unspecified atom stereocenters. The second-order valence-corrected chi connectivity index (χ2v) is 14.2. The van der Waals surface area contributed by atoms with E-state index in [1.165, 1.54) is 51.4 Å². The van der Waals surface area contributed by atoms with E-state index in [9.17, 15) is 19.0 Å². The van der Waals surface area contributed by atoms with Crippen LogP contribution in [0.1, 0.15) is 128 Å². The number of nitrogens with zero attached hydrogens (tertiary/aromatic N) is 1. The van der Waals surface area contributed by atoms with E-state index in [0.717, 1.165) is 70.9 Å². The molecule has 0 fully saturated rings. The van der Waals surface area contributed by atoms with Crippen molar-refractivity contribution in [2.75, 3.05) is 60.6 Å². The minimum absolute atomic E-state index is 0.0360. The third-order valence-electron chi connectivity index (χ3n) is 7.33. The lowest BCUT2D eigenvalue weighted by atomic mass is 10.1. The van der Waals surface area contributed by atoms with Crippen LogP contribution in [0.15, 0.2) is 0 Å². The quantitative estimate of drug-likeness (QED) is 0.0418. The van der Waals surface area contributed by atoms with Crippen LogP contribution in [0.2, 0.25) is 0 Å². The van der Waals surface area contributed by atoms with E-state index in [4.69, 9.17) is 30.0 Å². The zero-order valence-electron chi connectivity index (χ0n) is 28.3. The fraction of sp³-hybridized carbons (Fsp3) is 0.938. The van der Waals surface area contributed by atoms with Gasteiger partial charge in [0.1, 0.15) is 19.8 Å². The Bertz CT molecular complexity index is 752. The van der Waals surface area contributed by atoms with Crippen molar-refractivity contribution >= 4 is 19.8 Å². The van der Waals surface area contributed by atoms with Crippen LogP contribution < -0.4 is 16.4 Å². The Balaban J connectivity index is 4.47. The molecule has 0 aliphatic carbocycles. The molecule has 0 aromatic heterocycles. The summed E-state index contributed by atoms with van der Waals surface area (Å²) in [5.41, 5.74) is 11.0. The van der Waals surface area contributed by atoms with Crippen molar-refractivity contribution in [1.82, 2.24) is 0 Å². The first kappa shape index (κ1) is 42.9. The number of hydrogen-bond acceptors (Lipinski definition) is 10. The van der Waals surface area contributed by atoms with Gasteiger partial charge < -0.3 is 39.4 Å². The van der Waals surface area contributed by atoms with Gasteiger partial charge in [-0.3, -0.25) is 14.2 Å². The molecule has 0 aromatic carbocycles. The Morgan fingerprint density at radius 2 is 1.05 bits per heavy atom. The minimum atomic E-state index is -4.61. The van der Waals surface area contributed by atoms with Gasteiger partial charge in [-0.1, -0.05) is 89.9 Å². The smallest absolute Gasteiger partial charge is 0.306 e. The van der Waals surface area contributed by atoms with Gasteiger partial charge in [-0.15, -0.1) is 0 Å². The average Bonchev–Trinajstić information content (AvgIpc) is 2.95. The average molecular weight is 652 g/mol. The first-order valence-electron chi connectivity index (χ1n) is 17.1. The topological polar surface area (TPSA) is 163 Å². The number of phosphoric acid groups is 1. The number of likely N-dealkylation sites (N-methyl/N-ethyl adjacent to an activating group) is 1. The molecule has 0 aliphatic rings. The minimum Gasteiger partial charge on any atom is -0.756 e. The summed E-state index contributed by atoms with van der Waals surface area (Å²) in [5.74, 6) is -0.869. The lowest BCUT2D eigenvalue weighted by Gasteiger charge is -2.28.